The Hall–Kier alpha value is -3.38. The summed E-state index contributed by atoms with van der Waals surface area (Å²) in [5.74, 6) is -1.41. The number of ether oxygens (including phenoxy) is 2. The van der Waals surface area contributed by atoms with Crippen molar-refractivity contribution >= 4 is 44.8 Å². The fourth-order valence-electron chi connectivity index (χ4n) is 4.80. The van der Waals surface area contributed by atoms with Crippen LogP contribution < -0.4 is 4.74 Å². The number of carboxylic acid groups (broad SMARTS) is 1. The summed E-state index contributed by atoms with van der Waals surface area (Å²) in [4.78, 5) is 23.8. The Morgan fingerprint density at radius 2 is 2.05 bits per heavy atom. The summed E-state index contributed by atoms with van der Waals surface area (Å²) in [6.45, 7) is 3.17. The number of hydrogen-bond acceptors (Lipinski definition) is 7. The largest absolute Gasteiger partial charge is 0.477 e. The highest BCUT2D eigenvalue weighted by Gasteiger charge is 2.25. The number of aromatic carboxylic acids is 1. The zero-order valence-electron chi connectivity index (χ0n) is 21.3. The first-order valence-corrected chi connectivity index (χ1v) is 14.0. The van der Waals surface area contributed by atoms with Crippen molar-refractivity contribution in [1.82, 2.24) is 19.4 Å². The van der Waals surface area contributed by atoms with E-state index in [4.69, 9.17) is 26.1 Å². The molecule has 0 saturated carbocycles. The number of nitrogens with zero attached hydrogens (tertiary/aromatic N) is 4. The van der Waals surface area contributed by atoms with Crippen LogP contribution in [-0.4, -0.2) is 56.3 Å². The Morgan fingerprint density at radius 3 is 2.75 bits per heavy atom. The molecule has 0 bridgehead atoms. The summed E-state index contributed by atoms with van der Waals surface area (Å²) in [6, 6.07) is 8.84. The second-order valence-corrected chi connectivity index (χ2v) is 11.2. The summed E-state index contributed by atoms with van der Waals surface area (Å²) in [5, 5.41) is 9.67. The van der Waals surface area contributed by atoms with E-state index < -0.39 is 17.6 Å². The van der Waals surface area contributed by atoms with Crippen molar-refractivity contribution in [3.63, 3.8) is 0 Å². The molecule has 4 aromatic rings. The van der Waals surface area contributed by atoms with Crippen LogP contribution in [0, 0.1) is 11.6 Å². The molecule has 40 heavy (non-hydrogen) atoms. The van der Waals surface area contributed by atoms with E-state index in [0.29, 0.717) is 36.6 Å². The van der Waals surface area contributed by atoms with E-state index in [1.807, 2.05) is 0 Å². The van der Waals surface area contributed by atoms with E-state index in [2.05, 4.69) is 20.5 Å². The summed E-state index contributed by atoms with van der Waals surface area (Å²) in [5.41, 5.74) is 2.66. The van der Waals surface area contributed by atoms with Crippen molar-refractivity contribution in [1.29, 1.82) is 0 Å². The smallest absolute Gasteiger partial charge is 0.346 e. The molecule has 5 heterocycles. The average molecular weight is 587 g/mol. The van der Waals surface area contributed by atoms with Gasteiger partial charge >= 0.3 is 5.97 Å². The van der Waals surface area contributed by atoms with Crippen LogP contribution in [0.3, 0.4) is 0 Å². The van der Waals surface area contributed by atoms with Gasteiger partial charge in [-0.15, -0.1) is 11.3 Å². The van der Waals surface area contributed by atoms with E-state index in [1.54, 1.807) is 18.2 Å². The van der Waals surface area contributed by atoms with Crippen molar-refractivity contribution in [3.8, 4) is 5.88 Å². The summed E-state index contributed by atoms with van der Waals surface area (Å²) in [6.07, 6.45) is 3.82. The highest BCUT2D eigenvalue weighted by atomic mass is 35.5. The molecule has 1 atom stereocenters. The first-order chi connectivity index (χ1) is 19.3. The van der Waals surface area contributed by atoms with Gasteiger partial charge in [-0.2, -0.15) is 0 Å². The van der Waals surface area contributed by atoms with Gasteiger partial charge in [0.05, 0.1) is 30.4 Å². The average Bonchev–Trinajstić information content (AvgIpc) is 3.45. The zero-order valence-corrected chi connectivity index (χ0v) is 22.9. The minimum atomic E-state index is -0.954. The second kappa shape index (κ2) is 11.2. The lowest BCUT2D eigenvalue weighted by Gasteiger charge is -2.29. The highest BCUT2D eigenvalue weighted by molar-refractivity contribution is 7.20. The van der Waals surface area contributed by atoms with Crippen molar-refractivity contribution in [3.05, 3.63) is 81.1 Å². The molecule has 8 nitrogen and oxygen atoms in total. The van der Waals surface area contributed by atoms with E-state index in [9.17, 15) is 18.7 Å². The molecule has 1 N–H and O–H groups in total. The monoisotopic (exact) mass is 586 g/mol. The molecule has 12 heteroatoms. The third kappa shape index (κ3) is 5.60. The molecule has 0 spiro atoms. The van der Waals surface area contributed by atoms with Gasteiger partial charge in [0.25, 0.3) is 5.88 Å². The molecule has 2 aliphatic heterocycles. The van der Waals surface area contributed by atoms with Crippen LogP contribution >= 0.6 is 22.9 Å². The lowest BCUT2D eigenvalue weighted by molar-refractivity contribution is -0.0591. The normalized spacial score (nSPS) is 17.6. The zero-order chi connectivity index (χ0) is 27.8. The number of halogens is 3. The van der Waals surface area contributed by atoms with Gasteiger partial charge < -0.3 is 19.1 Å². The molecule has 0 unspecified atom stereocenters. The molecule has 208 valence electrons. The number of rotatable bonds is 9. The maximum absolute atomic E-state index is 14.4. The molecule has 0 aliphatic carbocycles. The maximum Gasteiger partial charge on any atom is 0.346 e. The Bertz CT molecular complexity index is 1620. The minimum Gasteiger partial charge on any atom is -0.477 e. The van der Waals surface area contributed by atoms with Crippen LogP contribution in [0.15, 0.2) is 42.5 Å². The molecule has 3 aromatic heterocycles. The predicted molar refractivity (Wildman–Crippen MR) is 147 cm³/mol. The van der Waals surface area contributed by atoms with Crippen LogP contribution in [0.5, 0.6) is 5.88 Å². The topological polar surface area (TPSA) is 89.7 Å². The molecule has 0 radical (unpaired) electrons. The van der Waals surface area contributed by atoms with Gasteiger partial charge in [-0.1, -0.05) is 23.7 Å². The fraction of sp³-hybridized carbons (Fsp3) is 0.321. The van der Waals surface area contributed by atoms with Gasteiger partial charge in [-0.25, -0.2) is 23.5 Å². The number of pyridine rings is 1. The third-order valence-corrected chi connectivity index (χ3v) is 8.34. The Labute approximate surface area is 237 Å². The maximum atomic E-state index is 14.4. The Kier molecular flexibility index (Phi) is 7.54. The van der Waals surface area contributed by atoms with Gasteiger partial charge in [-0.3, -0.25) is 4.90 Å². The summed E-state index contributed by atoms with van der Waals surface area (Å²) >= 11 is 6.97. The molecule has 1 saturated heterocycles. The van der Waals surface area contributed by atoms with Gasteiger partial charge in [0, 0.05) is 30.3 Å². The highest BCUT2D eigenvalue weighted by Crippen LogP contribution is 2.30. The number of imidazole rings is 1. The van der Waals surface area contributed by atoms with E-state index in [0.717, 1.165) is 36.5 Å². The molecule has 1 fully saturated rings. The van der Waals surface area contributed by atoms with Crippen LogP contribution in [0.4, 0.5) is 8.78 Å². The van der Waals surface area contributed by atoms with Crippen molar-refractivity contribution in [2.24, 2.45) is 0 Å². The van der Waals surface area contributed by atoms with Crippen LogP contribution in [0.25, 0.3) is 15.9 Å². The SMILES string of the molecule is O=C(O)c1cc2c(nc(CN3CC=C(c4ccc(F)c(OCc5ccc(Cl)cc5F)n4)CC3)n2C[C@@H]2CCO2)s1. The molecule has 6 rings (SSSR count). The molecule has 1 aromatic carbocycles. The van der Waals surface area contributed by atoms with E-state index in [-0.39, 0.29) is 34.1 Å². The van der Waals surface area contributed by atoms with Gasteiger partial charge in [0.15, 0.2) is 5.82 Å². The van der Waals surface area contributed by atoms with E-state index in [1.165, 1.54) is 29.5 Å². The minimum absolute atomic E-state index is 0.106. The van der Waals surface area contributed by atoms with E-state index >= 15 is 0 Å². The standard InChI is InChI=1S/C28H25ClF2N4O4S/c29-18-2-1-17(21(31)11-18)15-39-26-20(30)3-4-22(32-26)16-5-8-34(9-6-16)14-25-33-27-23(12-24(40-27)28(36)37)35(25)13-19-7-10-38-19/h1-5,11-12,19H,6-10,13-15H2,(H,36,37)/t19-/m0/s1. The lowest BCUT2D eigenvalue weighted by Crippen LogP contribution is -2.33. The van der Waals surface area contributed by atoms with Crippen molar-refractivity contribution in [2.75, 3.05) is 19.7 Å². The Morgan fingerprint density at radius 1 is 1.20 bits per heavy atom. The van der Waals surface area contributed by atoms with Gasteiger partial charge in [0.1, 0.15) is 28.0 Å². The quantitative estimate of drug-likeness (QED) is 0.266. The third-order valence-electron chi connectivity index (χ3n) is 7.10. The predicted octanol–water partition coefficient (Wildman–Crippen LogP) is 5.78. The van der Waals surface area contributed by atoms with Crippen molar-refractivity contribution in [2.45, 2.75) is 38.6 Å². The number of fused-ring (bicyclic) bond motifs is 1. The van der Waals surface area contributed by atoms with Crippen molar-refractivity contribution < 1.29 is 28.2 Å². The number of carboxylic acids is 1. The van der Waals surface area contributed by atoms with Crippen LogP contribution in [0.1, 0.15) is 39.6 Å². The molecular weight excluding hydrogens is 562 g/mol. The number of aromatic nitrogens is 3. The first kappa shape index (κ1) is 26.8. The number of benzene rings is 1. The number of thiophene rings is 1. The Balaban J connectivity index is 1.15. The molecule has 2 aliphatic rings. The summed E-state index contributed by atoms with van der Waals surface area (Å²) in [7, 11) is 0. The second-order valence-electron chi connectivity index (χ2n) is 9.75. The number of hydrogen-bond donors (Lipinski definition) is 1. The van der Waals surface area contributed by atoms with Crippen LogP contribution in [-0.2, 0) is 24.4 Å². The number of carbonyl (C=O) groups is 1. The summed E-state index contributed by atoms with van der Waals surface area (Å²) < 4.78 is 41.7. The molecular formula is C28H25ClF2N4O4S. The van der Waals surface area contributed by atoms with Crippen LogP contribution in [0.2, 0.25) is 5.02 Å². The molecule has 0 amide bonds. The first-order valence-electron chi connectivity index (χ1n) is 12.8. The fourth-order valence-corrected chi connectivity index (χ4v) is 5.85. The van der Waals surface area contributed by atoms with Gasteiger partial charge in [0.2, 0.25) is 0 Å². The van der Waals surface area contributed by atoms with Gasteiger partial charge in [-0.05, 0) is 48.7 Å². The lowest BCUT2D eigenvalue weighted by atomic mass is 10.0.